The Kier molecular flexibility index (Phi) is 7.39. The third kappa shape index (κ3) is 6.69. The van der Waals surface area contributed by atoms with Crippen LogP contribution in [0.5, 0.6) is 0 Å². The van der Waals surface area contributed by atoms with Gasteiger partial charge in [0.25, 0.3) is 0 Å². The maximum atomic E-state index is 4.57. The Morgan fingerprint density at radius 1 is 1.17 bits per heavy atom. The van der Waals surface area contributed by atoms with Gasteiger partial charge in [0.15, 0.2) is 5.96 Å². The average molecular weight is 331 g/mol. The highest BCUT2D eigenvalue weighted by atomic mass is 32.1. The molecule has 6 heteroatoms. The van der Waals surface area contributed by atoms with E-state index in [0.29, 0.717) is 6.54 Å². The molecule has 0 bridgehead atoms. The van der Waals surface area contributed by atoms with Gasteiger partial charge in [0.2, 0.25) is 0 Å². The molecule has 0 saturated carbocycles. The molecule has 0 saturated heterocycles. The molecule has 0 atom stereocenters. The summed E-state index contributed by atoms with van der Waals surface area (Å²) in [5.41, 5.74) is 1.16. The lowest BCUT2D eigenvalue weighted by Gasteiger charge is -2.11. The number of hydrogen-bond acceptors (Lipinski definition) is 4. The van der Waals surface area contributed by atoms with Crippen LogP contribution in [0, 0.1) is 6.92 Å². The molecule has 1 aromatic carbocycles. The van der Waals surface area contributed by atoms with E-state index in [0.717, 1.165) is 42.7 Å². The Hall–Kier alpha value is -2.08. The minimum atomic E-state index is 0.621. The summed E-state index contributed by atoms with van der Waals surface area (Å²) in [6, 6.07) is 10.3. The van der Waals surface area contributed by atoms with Crippen LogP contribution in [0.2, 0.25) is 0 Å². The Labute approximate surface area is 142 Å². The van der Waals surface area contributed by atoms with E-state index in [4.69, 9.17) is 0 Å². The maximum Gasteiger partial charge on any atom is 0.191 e. The van der Waals surface area contributed by atoms with Crippen molar-refractivity contribution in [3.05, 3.63) is 46.4 Å². The number of hydrogen-bond donors (Lipinski definition) is 3. The fourth-order valence-electron chi connectivity index (χ4n) is 2.05. The van der Waals surface area contributed by atoms with Crippen LogP contribution < -0.4 is 16.0 Å². The smallest absolute Gasteiger partial charge is 0.191 e. The quantitative estimate of drug-likeness (QED) is 0.395. The first-order valence-corrected chi connectivity index (χ1v) is 8.82. The van der Waals surface area contributed by atoms with Gasteiger partial charge in [-0.15, -0.1) is 11.3 Å². The summed E-state index contributed by atoms with van der Waals surface area (Å²) in [4.78, 5) is 10.1. The highest BCUT2D eigenvalue weighted by molar-refractivity contribution is 7.11. The molecule has 0 amide bonds. The molecule has 2 aromatic rings. The van der Waals surface area contributed by atoms with E-state index >= 15 is 0 Å². The second kappa shape index (κ2) is 9.84. The van der Waals surface area contributed by atoms with E-state index in [1.165, 1.54) is 4.88 Å². The number of para-hydroxylation sites is 1. The molecule has 0 aliphatic carbocycles. The standard InChI is InChI=1S/C17H25N5S/c1-3-18-17(22-13-16-21-12-14(2)23-16)20-11-7-10-19-15-8-5-4-6-9-15/h4-6,8-9,12,19H,3,7,10-11,13H2,1-2H3,(H2,18,20,22). The fraction of sp³-hybridized carbons (Fsp3) is 0.412. The first kappa shape index (κ1) is 17.3. The second-order valence-corrected chi connectivity index (χ2v) is 6.45. The molecule has 0 aliphatic heterocycles. The van der Waals surface area contributed by atoms with Crippen molar-refractivity contribution in [2.75, 3.05) is 25.0 Å². The Bertz CT molecular complexity index is 594. The van der Waals surface area contributed by atoms with E-state index < -0.39 is 0 Å². The summed E-state index contributed by atoms with van der Waals surface area (Å²) < 4.78 is 0. The van der Waals surface area contributed by atoms with Crippen LogP contribution in [-0.2, 0) is 6.54 Å². The van der Waals surface area contributed by atoms with E-state index in [1.807, 2.05) is 24.4 Å². The molecule has 0 spiro atoms. The summed E-state index contributed by atoms with van der Waals surface area (Å²) in [7, 11) is 0. The van der Waals surface area contributed by atoms with Gasteiger partial charge in [-0.1, -0.05) is 18.2 Å². The second-order valence-electron chi connectivity index (χ2n) is 5.13. The first-order chi connectivity index (χ1) is 11.3. The molecule has 0 fully saturated rings. The Balaban J connectivity index is 1.69. The average Bonchev–Trinajstić information content (AvgIpc) is 2.98. The number of guanidine groups is 1. The molecule has 2 rings (SSSR count). The predicted molar refractivity (Wildman–Crippen MR) is 99.2 cm³/mol. The van der Waals surface area contributed by atoms with Crippen LogP contribution >= 0.6 is 11.3 Å². The number of thiazole rings is 1. The Morgan fingerprint density at radius 2 is 2.00 bits per heavy atom. The van der Waals surface area contributed by atoms with Crippen molar-refractivity contribution in [1.82, 2.24) is 15.6 Å². The molecule has 3 N–H and O–H groups in total. The fourth-order valence-corrected chi connectivity index (χ4v) is 2.76. The van der Waals surface area contributed by atoms with Gasteiger partial charge in [-0.3, -0.25) is 0 Å². The van der Waals surface area contributed by atoms with Gasteiger partial charge in [-0.2, -0.15) is 0 Å². The van der Waals surface area contributed by atoms with Crippen molar-refractivity contribution < 1.29 is 0 Å². The number of nitrogens with one attached hydrogen (secondary N) is 3. The largest absolute Gasteiger partial charge is 0.385 e. The SMILES string of the molecule is CCNC(=NCc1ncc(C)s1)NCCCNc1ccccc1. The van der Waals surface area contributed by atoms with Crippen molar-refractivity contribution in [3.8, 4) is 0 Å². The van der Waals surface area contributed by atoms with E-state index in [2.05, 4.69) is 51.9 Å². The highest BCUT2D eigenvalue weighted by Gasteiger charge is 2.00. The number of nitrogens with zero attached hydrogens (tertiary/aromatic N) is 2. The lowest BCUT2D eigenvalue weighted by atomic mass is 10.3. The van der Waals surface area contributed by atoms with Crippen LogP contribution in [0.15, 0.2) is 41.5 Å². The van der Waals surface area contributed by atoms with Crippen LogP contribution in [0.25, 0.3) is 0 Å². The summed E-state index contributed by atoms with van der Waals surface area (Å²) >= 11 is 1.69. The van der Waals surface area contributed by atoms with Crippen LogP contribution in [0.1, 0.15) is 23.2 Å². The molecular weight excluding hydrogens is 306 g/mol. The van der Waals surface area contributed by atoms with Gasteiger partial charge >= 0.3 is 0 Å². The predicted octanol–water partition coefficient (Wildman–Crippen LogP) is 3.01. The van der Waals surface area contributed by atoms with Gasteiger partial charge < -0.3 is 16.0 Å². The van der Waals surface area contributed by atoms with Gasteiger partial charge in [0, 0.05) is 36.4 Å². The zero-order valence-electron chi connectivity index (χ0n) is 13.8. The number of aromatic nitrogens is 1. The normalized spacial score (nSPS) is 11.3. The molecule has 124 valence electrons. The first-order valence-electron chi connectivity index (χ1n) is 8.00. The lowest BCUT2D eigenvalue weighted by molar-refractivity contribution is 0.764. The van der Waals surface area contributed by atoms with Crippen molar-refractivity contribution in [2.24, 2.45) is 4.99 Å². The summed E-state index contributed by atoms with van der Waals surface area (Å²) in [6.07, 6.45) is 2.92. The lowest BCUT2D eigenvalue weighted by Crippen LogP contribution is -2.38. The molecule has 1 aromatic heterocycles. The van der Waals surface area contributed by atoms with E-state index in [9.17, 15) is 0 Å². The van der Waals surface area contributed by atoms with Crippen molar-refractivity contribution in [2.45, 2.75) is 26.8 Å². The van der Waals surface area contributed by atoms with Gasteiger partial charge in [0.1, 0.15) is 5.01 Å². The third-order valence-electron chi connectivity index (χ3n) is 3.13. The van der Waals surface area contributed by atoms with Gasteiger partial charge in [-0.05, 0) is 32.4 Å². The topological polar surface area (TPSA) is 61.3 Å². The van der Waals surface area contributed by atoms with Gasteiger partial charge in [-0.25, -0.2) is 9.98 Å². The monoisotopic (exact) mass is 331 g/mol. The van der Waals surface area contributed by atoms with Crippen molar-refractivity contribution in [1.29, 1.82) is 0 Å². The number of aliphatic imine (C=N–C) groups is 1. The molecule has 0 radical (unpaired) electrons. The zero-order chi connectivity index (χ0) is 16.3. The summed E-state index contributed by atoms with van der Waals surface area (Å²) in [5, 5.41) is 11.1. The molecule has 0 unspecified atom stereocenters. The van der Waals surface area contributed by atoms with Crippen LogP contribution in [0.4, 0.5) is 5.69 Å². The minimum absolute atomic E-state index is 0.621. The minimum Gasteiger partial charge on any atom is -0.385 e. The number of anilines is 1. The Morgan fingerprint density at radius 3 is 2.70 bits per heavy atom. The van der Waals surface area contributed by atoms with Crippen molar-refractivity contribution >= 4 is 23.0 Å². The van der Waals surface area contributed by atoms with E-state index in [1.54, 1.807) is 11.3 Å². The van der Waals surface area contributed by atoms with Crippen molar-refractivity contribution in [3.63, 3.8) is 0 Å². The highest BCUT2D eigenvalue weighted by Crippen LogP contribution is 2.11. The summed E-state index contributed by atoms with van der Waals surface area (Å²) in [6.45, 7) is 7.42. The third-order valence-corrected chi connectivity index (χ3v) is 4.03. The molecule has 23 heavy (non-hydrogen) atoms. The number of benzene rings is 1. The number of rotatable bonds is 8. The maximum absolute atomic E-state index is 4.57. The van der Waals surface area contributed by atoms with E-state index in [-0.39, 0.29) is 0 Å². The van der Waals surface area contributed by atoms with Crippen LogP contribution in [0.3, 0.4) is 0 Å². The molecule has 1 heterocycles. The molecular formula is C17H25N5S. The molecule has 5 nitrogen and oxygen atoms in total. The van der Waals surface area contributed by atoms with Crippen LogP contribution in [-0.4, -0.2) is 30.6 Å². The number of aryl methyl sites for hydroxylation is 1. The zero-order valence-corrected chi connectivity index (χ0v) is 14.6. The summed E-state index contributed by atoms with van der Waals surface area (Å²) in [5.74, 6) is 0.847. The van der Waals surface area contributed by atoms with Gasteiger partial charge in [0.05, 0.1) is 6.54 Å². The molecule has 0 aliphatic rings.